The van der Waals surface area contributed by atoms with Gasteiger partial charge in [0.2, 0.25) is 5.79 Å². The molecule has 7 N–H and O–H groups in total. The normalized spacial score (nSPS) is 48.0. The van der Waals surface area contributed by atoms with Crippen LogP contribution in [0, 0.1) is 0 Å². The highest BCUT2D eigenvalue weighted by Gasteiger charge is 2.52. The molecule has 9 atom stereocenters. The van der Waals surface area contributed by atoms with E-state index >= 15 is 0 Å². The van der Waals surface area contributed by atoms with Crippen molar-refractivity contribution in [1.29, 1.82) is 0 Å². The molecule has 0 aromatic heterocycles. The lowest BCUT2D eigenvalue weighted by Gasteiger charge is -2.46. The molecule has 0 bridgehead atoms. The van der Waals surface area contributed by atoms with Gasteiger partial charge in [0.1, 0.15) is 36.6 Å². The van der Waals surface area contributed by atoms with Gasteiger partial charge in [0.15, 0.2) is 6.29 Å². The highest BCUT2D eigenvalue weighted by atomic mass is 16.7. The molecule has 13 nitrogen and oxygen atoms in total. The predicted molar refractivity (Wildman–Crippen MR) is 75.6 cm³/mol. The molecule has 2 heterocycles. The molecule has 0 aromatic carbocycles. The molecule has 0 amide bonds. The molecule has 13 heteroatoms. The van der Waals surface area contributed by atoms with Crippen molar-refractivity contribution in [2.75, 3.05) is 19.8 Å². The number of nitrogens with zero attached hydrogens (tertiary/aromatic N) is 3. The van der Waals surface area contributed by atoms with Crippen LogP contribution in [0.2, 0.25) is 0 Å². The molecule has 0 aromatic rings. The Hall–Kier alpha value is -1.09. The molecule has 0 radical (unpaired) electrons. The fraction of sp³-hybridized carbons (Fsp3) is 1.00. The quantitative estimate of drug-likeness (QED) is 0.141. The topological polar surface area (TPSA) is 218 Å². The summed E-state index contributed by atoms with van der Waals surface area (Å²) in [6, 6.07) is -1.15. The lowest BCUT2D eigenvalue weighted by Crippen LogP contribution is -2.66. The maximum Gasteiger partial charge on any atom is 0.218 e. The first-order chi connectivity index (χ1) is 11.8. The maximum absolute atomic E-state index is 10.2. The summed E-state index contributed by atoms with van der Waals surface area (Å²) in [7, 11) is 0. The summed E-state index contributed by atoms with van der Waals surface area (Å²) in [6.45, 7) is -2.10. The van der Waals surface area contributed by atoms with Crippen molar-refractivity contribution < 1.29 is 50.0 Å². The third-order valence-corrected chi connectivity index (χ3v) is 4.22. The molecule has 2 fully saturated rings. The van der Waals surface area contributed by atoms with Gasteiger partial charge in [0, 0.05) is 4.91 Å². The third kappa shape index (κ3) is 3.86. The summed E-state index contributed by atoms with van der Waals surface area (Å²) in [5, 5.41) is 71.4. The van der Waals surface area contributed by atoms with Gasteiger partial charge >= 0.3 is 0 Å². The minimum atomic E-state index is -2.40. The van der Waals surface area contributed by atoms with Crippen molar-refractivity contribution >= 4 is 0 Å². The maximum atomic E-state index is 10.2. The minimum Gasteiger partial charge on any atom is -0.394 e. The highest BCUT2D eigenvalue weighted by Crippen LogP contribution is 2.31. The van der Waals surface area contributed by atoms with E-state index in [1.54, 1.807) is 0 Å². The van der Waals surface area contributed by atoms with Crippen LogP contribution < -0.4 is 0 Å². The molecule has 0 unspecified atom stereocenters. The zero-order valence-corrected chi connectivity index (χ0v) is 12.9. The molecule has 0 aliphatic carbocycles. The van der Waals surface area contributed by atoms with E-state index in [0.29, 0.717) is 0 Å². The number of hydrogen-bond donors (Lipinski definition) is 7. The Bertz CT molecular complexity index is 504. The summed E-state index contributed by atoms with van der Waals surface area (Å²) < 4.78 is 15.4. The first kappa shape index (κ1) is 20.2. The van der Waals surface area contributed by atoms with Gasteiger partial charge in [-0.2, -0.15) is 0 Å². The average molecular weight is 367 g/mol. The van der Waals surface area contributed by atoms with Gasteiger partial charge in [0.05, 0.1) is 25.9 Å². The summed E-state index contributed by atoms with van der Waals surface area (Å²) in [6.07, 6.45) is -11.4. The van der Waals surface area contributed by atoms with E-state index < -0.39 is 74.6 Å². The first-order valence-corrected chi connectivity index (χ1v) is 7.44. The van der Waals surface area contributed by atoms with E-state index in [2.05, 4.69) is 10.0 Å². The van der Waals surface area contributed by atoms with Crippen LogP contribution in [0.4, 0.5) is 0 Å². The van der Waals surface area contributed by atoms with Crippen LogP contribution >= 0.6 is 0 Å². The Labute approximate surface area is 141 Å². The van der Waals surface area contributed by atoms with Gasteiger partial charge in [-0.3, -0.25) is 0 Å². The molecule has 2 saturated heterocycles. The summed E-state index contributed by atoms with van der Waals surface area (Å²) in [5.41, 5.74) is 8.59. The molecule has 2 aliphatic heterocycles. The Balaban J connectivity index is 2.22. The Morgan fingerprint density at radius 3 is 2.40 bits per heavy atom. The van der Waals surface area contributed by atoms with Crippen molar-refractivity contribution in [2.24, 2.45) is 5.11 Å². The standard InChI is InChI=1S/C12H21N3O10/c13-15-14-4-2-23-12(22,3-17)10(21)9(4)25-11-8(20)7(19)6(18)5(1-16)24-11/h4-11,16-22H,1-3H2/t4-,5-,6-,7+,8-,9-,10+,11-,12-/m1/s1. The number of rotatable bonds is 5. The Kier molecular flexibility index (Phi) is 6.53. The second-order valence-electron chi connectivity index (χ2n) is 5.83. The number of hydrogen-bond acceptors (Lipinski definition) is 11. The summed E-state index contributed by atoms with van der Waals surface area (Å²) in [5.74, 6) is -2.40. The zero-order valence-electron chi connectivity index (χ0n) is 12.9. The lowest BCUT2D eigenvalue weighted by atomic mass is 9.95. The number of aliphatic hydroxyl groups excluding tert-OH is 6. The van der Waals surface area contributed by atoms with Crippen molar-refractivity contribution in [1.82, 2.24) is 0 Å². The Morgan fingerprint density at radius 2 is 1.84 bits per heavy atom. The van der Waals surface area contributed by atoms with Crippen LogP contribution in [-0.2, 0) is 14.2 Å². The number of aliphatic hydroxyl groups is 7. The highest BCUT2D eigenvalue weighted by molar-refractivity contribution is 4.97. The first-order valence-electron chi connectivity index (χ1n) is 7.44. The molecule has 0 spiro atoms. The average Bonchev–Trinajstić information content (AvgIpc) is 2.61. The van der Waals surface area contributed by atoms with Crippen LogP contribution in [0.3, 0.4) is 0 Å². The molecule has 144 valence electrons. The second-order valence-corrected chi connectivity index (χ2v) is 5.83. The van der Waals surface area contributed by atoms with E-state index in [4.69, 9.17) is 24.8 Å². The monoisotopic (exact) mass is 367 g/mol. The number of azide groups is 1. The Morgan fingerprint density at radius 1 is 1.16 bits per heavy atom. The van der Waals surface area contributed by atoms with Gasteiger partial charge in [-0.1, -0.05) is 5.11 Å². The predicted octanol–water partition coefficient (Wildman–Crippen LogP) is -4.08. The number of ether oxygens (including phenoxy) is 3. The van der Waals surface area contributed by atoms with Crippen molar-refractivity contribution in [3.8, 4) is 0 Å². The summed E-state index contributed by atoms with van der Waals surface area (Å²) >= 11 is 0. The van der Waals surface area contributed by atoms with Gasteiger partial charge in [-0.25, -0.2) is 0 Å². The zero-order chi connectivity index (χ0) is 18.8. The largest absolute Gasteiger partial charge is 0.394 e. The van der Waals surface area contributed by atoms with Gasteiger partial charge in [-0.05, 0) is 5.53 Å². The smallest absolute Gasteiger partial charge is 0.218 e. The van der Waals surface area contributed by atoms with Gasteiger partial charge in [0.25, 0.3) is 0 Å². The minimum absolute atomic E-state index is 0.416. The van der Waals surface area contributed by atoms with E-state index in [9.17, 15) is 30.6 Å². The van der Waals surface area contributed by atoms with Crippen LogP contribution in [-0.4, -0.2) is 110 Å². The molecular weight excluding hydrogens is 346 g/mol. The lowest BCUT2D eigenvalue weighted by molar-refractivity contribution is -0.360. The van der Waals surface area contributed by atoms with Gasteiger partial charge < -0.3 is 50.0 Å². The third-order valence-electron chi connectivity index (χ3n) is 4.22. The van der Waals surface area contributed by atoms with E-state index in [0.717, 1.165) is 0 Å². The van der Waals surface area contributed by atoms with Crippen LogP contribution in [0.5, 0.6) is 0 Å². The summed E-state index contributed by atoms with van der Waals surface area (Å²) in [4.78, 5) is 2.56. The fourth-order valence-electron chi connectivity index (χ4n) is 2.68. The fourth-order valence-corrected chi connectivity index (χ4v) is 2.68. The van der Waals surface area contributed by atoms with Crippen LogP contribution in [0.25, 0.3) is 10.4 Å². The van der Waals surface area contributed by atoms with Crippen molar-refractivity contribution in [2.45, 2.75) is 54.7 Å². The second kappa shape index (κ2) is 8.07. The van der Waals surface area contributed by atoms with E-state index in [1.165, 1.54) is 0 Å². The van der Waals surface area contributed by atoms with Crippen LogP contribution in [0.15, 0.2) is 5.11 Å². The molecule has 25 heavy (non-hydrogen) atoms. The SMILES string of the molecule is [N-]=[N+]=N[C@@H]1CO[C@](O)(CO)[C@@H](O)[C@@H]1O[C@H]1O[C@H](CO)[C@@H](O)[C@H](O)[C@H]1O. The molecular formula is C12H21N3O10. The molecule has 2 rings (SSSR count). The van der Waals surface area contributed by atoms with Crippen LogP contribution in [0.1, 0.15) is 0 Å². The van der Waals surface area contributed by atoms with Crippen molar-refractivity contribution in [3.05, 3.63) is 10.4 Å². The van der Waals surface area contributed by atoms with E-state index in [1.807, 2.05) is 0 Å². The van der Waals surface area contributed by atoms with Gasteiger partial charge in [-0.15, -0.1) is 0 Å². The van der Waals surface area contributed by atoms with E-state index in [-0.39, 0.29) is 0 Å². The van der Waals surface area contributed by atoms with Crippen molar-refractivity contribution in [3.63, 3.8) is 0 Å². The molecule has 0 saturated carbocycles. The molecule has 2 aliphatic rings.